The number of carbonyl (C=O) groups is 2. The second kappa shape index (κ2) is 9.17. The molecule has 1 aromatic carbocycles. The van der Waals surface area contributed by atoms with Crippen molar-refractivity contribution in [2.24, 2.45) is 5.92 Å². The van der Waals surface area contributed by atoms with Crippen LogP contribution in [0.15, 0.2) is 24.3 Å². The predicted molar refractivity (Wildman–Crippen MR) is 103 cm³/mol. The fraction of sp³-hybridized carbons (Fsp3) is 0.619. The van der Waals surface area contributed by atoms with Gasteiger partial charge >= 0.3 is 0 Å². The van der Waals surface area contributed by atoms with E-state index in [4.69, 9.17) is 0 Å². The normalized spacial score (nSPS) is 25.2. The SMILES string of the molecule is CCc1ccccc1NC(=O)CNC(=O)C[NH+]1CCC[C@@H]2CCCC[C@@H]21. The van der Waals surface area contributed by atoms with Crippen molar-refractivity contribution in [3.05, 3.63) is 29.8 Å². The van der Waals surface area contributed by atoms with Crippen molar-refractivity contribution in [2.45, 2.75) is 57.9 Å². The molecule has 2 fully saturated rings. The molecule has 0 radical (unpaired) electrons. The number of aryl methyl sites for hydroxylation is 1. The molecule has 1 unspecified atom stereocenters. The maximum atomic E-state index is 12.4. The molecule has 26 heavy (non-hydrogen) atoms. The third-order valence-corrected chi connectivity index (χ3v) is 6.01. The number of hydrogen-bond donors (Lipinski definition) is 3. The standard InChI is InChI=1S/C21H31N3O2/c1-2-16-8-3-5-11-18(16)23-20(25)14-22-21(26)15-24-13-7-10-17-9-4-6-12-19(17)24/h3,5,8,11,17,19H,2,4,6-7,9-10,12-15H2,1H3,(H,22,26)(H,23,25)/p+1/t17-,19-/m0/s1. The van der Waals surface area contributed by atoms with Crippen molar-refractivity contribution < 1.29 is 14.5 Å². The van der Waals surface area contributed by atoms with E-state index in [-0.39, 0.29) is 18.4 Å². The Bertz CT molecular complexity index is 629. The zero-order valence-corrected chi connectivity index (χ0v) is 15.9. The van der Waals surface area contributed by atoms with Gasteiger partial charge in [0.2, 0.25) is 5.91 Å². The summed E-state index contributed by atoms with van der Waals surface area (Å²) in [5.74, 6) is 0.628. The fourth-order valence-corrected chi connectivity index (χ4v) is 4.68. The minimum Gasteiger partial charge on any atom is -0.342 e. The molecular weight excluding hydrogens is 326 g/mol. The molecule has 142 valence electrons. The highest BCUT2D eigenvalue weighted by Gasteiger charge is 2.37. The Balaban J connectivity index is 1.45. The molecule has 1 aromatic rings. The predicted octanol–water partition coefficient (Wildman–Crippen LogP) is 1.54. The molecule has 0 spiro atoms. The smallest absolute Gasteiger partial charge is 0.275 e. The van der Waals surface area contributed by atoms with Crippen molar-refractivity contribution in [1.82, 2.24) is 5.32 Å². The Labute approximate surface area is 156 Å². The summed E-state index contributed by atoms with van der Waals surface area (Å²) in [4.78, 5) is 26.0. The van der Waals surface area contributed by atoms with Crippen LogP contribution in [0.25, 0.3) is 0 Å². The number of nitrogens with one attached hydrogen (secondary N) is 3. The van der Waals surface area contributed by atoms with E-state index in [1.807, 2.05) is 24.3 Å². The van der Waals surface area contributed by atoms with E-state index < -0.39 is 0 Å². The van der Waals surface area contributed by atoms with E-state index in [0.717, 1.165) is 30.1 Å². The van der Waals surface area contributed by atoms with E-state index in [9.17, 15) is 9.59 Å². The number of benzene rings is 1. The Kier molecular flexibility index (Phi) is 6.67. The van der Waals surface area contributed by atoms with E-state index in [1.54, 1.807) is 0 Å². The minimum absolute atomic E-state index is 0.00912. The van der Waals surface area contributed by atoms with Crippen LogP contribution < -0.4 is 15.5 Å². The van der Waals surface area contributed by atoms with Gasteiger partial charge < -0.3 is 15.5 Å². The molecule has 3 rings (SSSR count). The number of hydrogen-bond acceptors (Lipinski definition) is 2. The summed E-state index contributed by atoms with van der Waals surface area (Å²) in [6.07, 6.45) is 8.64. The number of likely N-dealkylation sites (tertiary alicyclic amines) is 1. The number of quaternary nitrogens is 1. The molecule has 2 aliphatic rings. The average molecular weight is 359 g/mol. The van der Waals surface area contributed by atoms with Crippen LogP contribution >= 0.6 is 0 Å². The Morgan fingerprint density at radius 1 is 1.08 bits per heavy atom. The molecule has 0 aromatic heterocycles. The van der Waals surface area contributed by atoms with Gasteiger partial charge in [-0.25, -0.2) is 0 Å². The number of rotatable bonds is 6. The molecule has 1 saturated heterocycles. The van der Waals surface area contributed by atoms with Crippen LogP contribution in [0.3, 0.4) is 0 Å². The van der Waals surface area contributed by atoms with Gasteiger partial charge in [0.25, 0.3) is 5.91 Å². The maximum Gasteiger partial charge on any atom is 0.275 e. The highest BCUT2D eigenvalue weighted by molar-refractivity contribution is 5.95. The molecule has 2 amide bonds. The van der Waals surface area contributed by atoms with Crippen molar-refractivity contribution in [3.8, 4) is 0 Å². The number of amides is 2. The largest absolute Gasteiger partial charge is 0.342 e. The number of para-hydroxylation sites is 1. The number of anilines is 1. The lowest BCUT2D eigenvalue weighted by Crippen LogP contribution is -3.18. The highest BCUT2D eigenvalue weighted by Crippen LogP contribution is 2.28. The van der Waals surface area contributed by atoms with Gasteiger partial charge in [-0.15, -0.1) is 0 Å². The van der Waals surface area contributed by atoms with E-state index >= 15 is 0 Å². The van der Waals surface area contributed by atoms with Crippen molar-refractivity contribution in [3.63, 3.8) is 0 Å². The fourth-order valence-electron chi connectivity index (χ4n) is 4.68. The third kappa shape index (κ3) is 4.85. The van der Waals surface area contributed by atoms with E-state index in [1.165, 1.54) is 43.4 Å². The Hall–Kier alpha value is -1.88. The average Bonchev–Trinajstić information content (AvgIpc) is 2.67. The van der Waals surface area contributed by atoms with Crippen molar-refractivity contribution in [1.29, 1.82) is 0 Å². The summed E-state index contributed by atoms with van der Waals surface area (Å²) in [6, 6.07) is 8.44. The van der Waals surface area contributed by atoms with Crippen molar-refractivity contribution >= 4 is 17.5 Å². The lowest BCUT2D eigenvalue weighted by atomic mass is 9.78. The van der Waals surface area contributed by atoms with Gasteiger partial charge in [0, 0.05) is 11.6 Å². The quantitative estimate of drug-likeness (QED) is 0.722. The maximum absolute atomic E-state index is 12.4. The molecular formula is C21H32N3O2+. The molecule has 0 bridgehead atoms. The molecule has 3 N–H and O–H groups in total. The first-order valence-electron chi connectivity index (χ1n) is 10.2. The first kappa shape index (κ1) is 18.9. The second-order valence-corrected chi connectivity index (χ2v) is 7.71. The first-order valence-corrected chi connectivity index (χ1v) is 10.2. The van der Waals surface area contributed by atoms with Gasteiger partial charge in [-0.1, -0.05) is 31.5 Å². The van der Waals surface area contributed by atoms with Gasteiger partial charge in [0.15, 0.2) is 6.54 Å². The minimum atomic E-state index is -0.163. The monoisotopic (exact) mass is 358 g/mol. The van der Waals surface area contributed by atoms with Gasteiger partial charge in [0.1, 0.15) is 0 Å². The molecule has 1 aliphatic heterocycles. The van der Waals surface area contributed by atoms with E-state index in [2.05, 4.69) is 17.6 Å². The summed E-state index contributed by atoms with van der Waals surface area (Å²) in [6.45, 7) is 3.69. The van der Waals surface area contributed by atoms with Crippen LogP contribution in [0, 0.1) is 5.92 Å². The van der Waals surface area contributed by atoms with Crippen LogP contribution in [-0.2, 0) is 16.0 Å². The van der Waals surface area contributed by atoms with Crippen LogP contribution in [0.2, 0.25) is 0 Å². The van der Waals surface area contributed by atoms with Gasteiger partial charge in [0.05, 0.1) is 19.1 Å². The molecule has 5 nitrogen and oxygen atoms in total. The summed E-state index contributed by atoms with van der Waals surface area (Å²) >= 11 is 0. The van der Waals surface area contributed by atoms with Gasteiger partial charge in [-0.2, -0.15) is 0 Å². The van der Waals surface area contributed by atoms with Crippen LogP contribution in [0.4, 0.5) is 5.69 Å². The zero-order valence-electron chi connectivity index (χ0n) is 15.9. The molecule has 1 aliphatic carbocycles. The summed E-state index contributed by atoms with van der Waals surface area (Å²) in [5, 5.41) is 5.72. The Morgan fingerprint density at radius 3 is 2.69 bits per heavy atom. The number of piperidine rings is 1. The lowest BCUT2D eigenvalue weighted by Gasteiger charge is -2.40. The van der Waals surface area contributed by atoms with Crippen LogP contribution in [-0.4, -0.2) is 37.5 Å². The zero-order chi connectivity index (χ0) is 18.4. The topological polar surface area (TPSA) is 62.6 Å². The number of carbonyl (C=O) groups excluding carboxylic acids is 2. The van der Waals surface area contributed by atoms with Crippen molar-refractivity contribution in [2.75, 3.05) is 25.0 Å². The number of fused-ring (bicyclic) bond motifs is 1. The Morgan fingerprint density at radius 2 is 1.85 bits per heavy atom. The summed E-state index contributed by atoms with van der Waals surface area (Å²) < 4.78 is 0. The molecule has 1 heterocycles. The highest BCUT2D eigenvalue weighted by atomic mass is 16.2. The van der Waals surface area contributed by atoms with Gasteiger partial charge in [-0.05, 0) is 50.2 Å². The van der Waals surface area contributed by atoms with E-state index in [0.29, 0.717) is 12.6 Å². The lowest BCUT2D eigenvalue weighted by molar-refractivity contribution is -0.928. The summed E-state index contributed by atoms with van der Waals surface area (Å²) in [7, 11) is 0. The molecule has 1 saturated carbocycles. The molecule has 5 heteroatoms. The van der Waals surface area contributed by atoms with Crippen LogP contribution in [0.1, 0.15) is 51.0 Å². The third-order valence-electron chi connectivity index (χ3n) is 6.01. The van der Waals surface area contributed by atoms with Gasteiger partial charge in [-0.3, -0.25) is 9.59 Å². The second-order valence-electron chi connectivity index (χ2n) is 7.71. The van der Waals surface area contributed by atoms with Crippen LogP contribution in [0.5, 0.6) is 0 Å². The first-order chi connectivity index (χ1) is 12.7. The summed E-state index contributed by atoms with van der Waals surface area (Å²) in [5.41, 5.74) is 1.94. The molecule has 3 atom stereocenters.